The van der Waals surface area contributed by atoms with Crippen LogP contribution < -0.4 is 0 Å². The monoisotopic (exact) mass is 532 g/mol. The maximum Gasteiger partial charge on any atom is 0.192 e. The fourth-order valence-corrected chi connectivity index (χ4v) is 7.25. The summed E-state index contributed by atoms with van der Waals surface area (Å²) in [4.78, 5) is 13.5. The lowest BCUT2D eigenvalue weighted by Gasteiger charge is -2.40. The van der Waals surface area contributed by atoms with Crippen molar-refractivity contribution in [2.45, 2.75) is 148 Å². The van der Waals surface area contributed by atoms with Gasteiger partial charge in [0.2, 0.25) is 0 Å². The fourth-order valence-electron chi connectivity index (χ4n) is 3.50. The number of hydrogen-bond donors (Lipinski definition) is 1. The molecule has 34 heavy (non-hydrogen) atoms. The van der Waals surface area contributed by atoms with Gasteiger partial charge in [0, 0.05) is 19.4 Å². The molecule has 8 heteroatoms. The zero-order chi connectivity index (χ0) is 27.1. The number of hydrogen-bond acceptors (Lipinski definition) is 5. The van der Waals surface area contributed by atoms with Crippen molar-refractivity contribution in [3.05, 3.63) is 0 Å². The van der Waals surface area contributed by atoms with Gasteiger partial charge < -0.3 is 18.4 Å². The highest BCUT2D eigenvalue weighted by molar-refractivity contribution is 6.75. The van der Waals surface area contributed by atoms with Crippen LogP contribution in [-0.2, 0) is 18.1 Å². The Morgan fingerprint density at radius 2 is 1.12 bits per heavy atom. The maximum absolute atomic E-state index is 13.5. The van der Waals surface area contributed by atoms with E-state index in [-0.39, 0.29) is 33.1 Å². The van der Waals surface area contributed by atoms with E-state index < -0.39 is 37.0 Å². The molecule has 0 radical (unpaired) electrons. The lowest BCUT2D eigenvalue weighted by molar-refractivity contribution is -0.129. The molecule has 1 aliphatic carbocycles. The molecule has 5 nitrogen and oxygen atoms in total. The van der Waals surface area contributed by atoms with E-state index >= 15 is 0 Å². The van der Waals surface area contributed by atoms with E-state index in [1.807, 2.05) is 0 Å². The van der Waals surface area contributed by atoms with Crippen LogP contribution in [0.1, 0.15) is 75.2 Å². The molecule has 0 unspecified atom stereocenters. The number of carbonyl (C=O) groups excluding carboxylic acids is 1. The van der Waals surface area contributed by atoms with Crippen molar-refractivity contribution in [3.8, 4) is 0 Å². The number of carbonyl (C=O) groups is 1. The molecule has 1 saturated carbocycles. The molecule has 0 amide bonds. The Balaban J connectivity index is 3.12. The van der Waals surface area contributed by atoms with Crippen LogP contribution in [0.5, 0.6) is 0 Å². The molecule has 1 aliphatic rings. The molecule has 1 fully saturated rings. The van der Waals surface area contributed by atoms with E-state index in [0.717, 1.165) is 0 Å². The summed E-state index contributed by atoms with van der Waals surface area (Å²) in [5.74, 6) is -0.525. The second-order valence-electron chi connectivity index (χ2n) is 14.9. The number of Topliss-reactive ketones (excluding diaryl/α,β-unsaturated/α-hetero) is 1. The molecule has 0 heterocycles. The minimum absolute atomic E-state index is 0.0232. The van der Waals surface area contributed by atoms with Gasteiger partial charge in [0.15, 0.2) is 25.0 Å². The summed E-state index contributed by atoms with van der Waals surface area (Å²) in [6.45, 7) is 33.5. The van der Waals surface area contributed by atoms with E-state index in [1.54, 1.807) is 0 Å². The van der Waals surface area contributed by atoms with Gasteiger partial charge in [-0.1, -0.05) is 62.3 Å². The highest BCUT2D eigenvalue weighted by Crippen LogP contribution is 2.45. The molecule has 0 saturated heterocycles. The summed E-state index contributed by atoms with van der Waals surface area (Å²) >= 11 is 0. The van der Waals surface area contributed by atoms with E-state index in [4.69, 9.17) is 13.3 Å². The van der Waals surface area contributed by atoms with Crippen LogP contribution in [0.15, 0.2) is 0 Å². The van der Waals surface area contributed by atoms with Gasteiger partial charge >= 0.3 is 0 Å². The quantitative estimate of drug-likeness (QED) is 0.320. The first kappa shape index (κ1) is 32.2. The van der Waals surface area contributed by atoms with Crippen LogP contribution >= 0.6 is 0 Å². The fraction of sp³-hybridized carbons (Fsp3) is 0.962. The smallest absolute Gasteiger partial charge is 0.192 e. The first-order valence-electron chi connectivity index (χ1n) is 13.0. The molecule has 1 N–H and O–H groups in total. The molecule has 0 spiro atoms. The highest BCUT2D eigenvalue weighted by atomic mass is 28.4. The van der Waals surface area contributed by atoms with E-state index in [2.05, 4.69) is 102 Å². The number of aliphatic hydroxyl groups is 1. The Labute approximate surface area is 214 Å². The molecular weight excluding hydrogens is 477 g/mol. The zero-order valence-corrected chi connectivity index (χ0v) is 28.0. The third-order valence-electron chi connectivity index (χ3n) is 9.11. The molecule has 202 valence electrons. The molecule has 0 aromatic heterocycles. The van der Waals surface area contributed by atoms with Gasteiger partial charge in [0.05, 0.1) is 24.2 Å². The van der Waals surface area contributed by atoms with Crippen molar-refractivity contribution >= 4 is 30.7 Å². The largest absolute Gasteiger partial charge is 0.416 e. The Hall–Kier alpha value is 0.161. The highest BCUT2D eigenvalue weighted by Gasteiger charge is 2.53. The van der Waals surface area contributed by atoms with Gasteiger partial charge in [0.25, 0.3) is 0 Å². The first-order chi connectivity index (χ1) is 14.8. The van der Waals surface area contributed by atoms with Crippen LogP contribution in [0, 0.1) is 5.92 Å². The predicted molar refractivity (Wildman–Crippen MR) is 151 cm³/mol. The van der Waals surface area contributed by atoms with E-state index in [1.165, 1.54) is 0 Å². The summed E-state index contributed by atoms with van der Waals surface area (Å²) in [6.07, 6.45) is -0.654. The molecular formula is C26H56O5Si3. The minimum atomic E-state index is -2.13. The van der Waals surface area contributed by atoms with E-state index in [0.29, 0.717) is 19.4 Å². The van der Waals surface area contributed by atoms with Crippen molar-refractivity contribution in [2.24, 2.45) is 5.92 Å². The molecule has 0 aromatic rings. The topological polar surface area (TPSA) is 65.0 Å². The van der Waals surface area contributed by atoms with Crippen LogP contribution in [0.2, 0.25) is 54.4 Å². The molecule has 0 aromatic carbocycles. The van der Waals surface area contributed by atoms with Crippen LogP contribution in [-0.4, -0.2) is 60.8 Å². The summed E-state index contributed by atoms with van der Waals surface area (Å²) in [5, 5.41) is 11.5. The normalized spacial score (nSPS) is 25.6. The van der Waals surface area contributed by atoms with Gasteiger partial charge in [-0.25, -0.2) is 0 Å². The summed E-state index contributed by atoms with van der Waals surface area (Å²) in [6, 6.07) is 0. The third-order valence-corrected chi connectivity index (χ3v) is 22.7. The number of ketones is 1. The summed E-state index contributed by atoms with van der Waals surface area (Å²) in [5.41, 5.74) is 0. The Morgan fingerprint density at radius 3 is 1.50 bits per heavy atom. The van der Waals surface area contributed by atoms with Crippen LogP contribution in [0.4, 0.5) is 0 Å². The summed E-state index contributed by atoms with van der Waals surface area (Å²) in [7, 11) is -6.17. The molecule has 1 rings (SSSR count). The van der Waals surface area contributed by atoms with Gasteiger partial charge in [-0.05, 0) is 54.4 Å². The molecule has 0 bridgehead atoms. The van der Waals surface area contributed by atoms with E-state index in [9.17, 15) is 9.90 Å². The van der Waals surface area contributed by atoms with Gasteiger partial charge in [-0.2, -0.15) is 0 Å². The Bertz CT molecular complexity index is 699. The Morgan fingerprint density at radius 1 is 0.735 bits per heavy atom. The van der Waals surface area contributed by atoms with Gasteiger partial charge in [-0.3, -0.25) is 4.79 Å². The lowest BCUT2D eigenvalue weighted by atomic mass is 9.96. The van der Waals surface area contributed by atoms with Crippen LogP contribution in [0.25, 0.3) is 0 Å². The number of rotatable bonds is 9. The van der Waals surface area contributed by atoms with Gasteiger partial charge in [-0.15, -0.1) is 0 Å². The van der Waals surface area contributed by atoms with Crippen molar-refractivity contribution in [2.75, 3.05) is 6.61 Å². The molecule has 0 aliphatic heterocycles. The van der Waals surface area contributed by atoms with Crippen LogP contribution in [0.3, 0.4) is 0 Å². The second kappa shape index (κ2) is 10.5. The standard InChI is InChI=1S/C26H56O5Si3/c1-24(2,3)32(10,11)29-17-16-19(27)22-20(30-33(12,13)25(4,5)6)18-21(23(22)28)31-34(14,15)26(7,8)9/h20-23,28H,16-18H2,1-15H3/t20-,21+,22-,23+/m1/s1. The van der Waals surface area contributed by atoms with Gasteiger partial charge in [0.1, 0.15) is 5.78 Å². The average molecular weight is 533 g/mol. The maximum atomic E-state index is 13.5. The molecule has 4 atom stereocenters. The SMILES string of the molecule is CC(C)(C)[Si](C)(C)OCCC(=O)[C@H]1[C@@H](O)[C@@H](O[Si](C)(C)C(C)(C)C)C[C@H]1O[Si](C)(C)C(C)(C)C. The zero-order valence-electron chi connectivity index (χ0n) is 25.0. The predicted octanol–water partition coefficient (Wildman–Crippen LogP) is 7.13. The average Bonchev–Trinajstić information content (AvgIpc) is 2.85. The minimum Gasteiger partial charge on any atom is -0.416 e. The number of aliphatic hydroxyl groups excluding tert-OH is 1. The van der Waals surface area contributed by atoms with Crippen molar-refractivity contribution in [1.29, 1.82) is 0 Å². The Kier molecular flexibility index (Phi) is 9.94. The third kappa shape index (κ3) is 7.59. The summed E-state index contributed by atoms with van der Waals surface area (Å²) < 4.78 is 19.7. The van der Waals surface area contributed by atoms with Crippen molar-refractivity contribution < 1.29 is 23.2 Å². The lowest BCUT2D eigenvalue weighted by Crippen LogP contribution is -2.47. The van der Waals surface area contributed by atoms with Crippen molar-refractivity contribution in [1.82, 2.24) is 0 Å². The van der Waals surface area contributed by atoms with Crippen molar-refractivity contribution in [3.63, 3.8) is 0 Å². The first-order valence-corrected chi connectivity index (χ1v) is 21.8. The second-order valence-corrected chi connectivity index (χ2v) is 29.2.